The first-order valence-corrected chi connectivity index (χ1v) is 12.1. The van der Waals surface area contributed by atoms with Crippen molar-refractivity contribution in [3.8, 4) is 5.75 Å². The summed E-state index contributed by atoms with van der Waals surface area (Å²) in [7, 11) is 1.59. The van der Waals surface area contributed by atoms with Crippen molar-refractivity contribution >= 4 is 40.9 Å². The first kappa shape index (κ1) is 21.9. The highest BCUT2D eigenvalue weighted by Crippen LogP contribution is 2.55. The molecule has 0 unspecified atom stereocenters. The van der Waals surface area contributed by atoms with Gasteiger partial charge in [0.15, 0.2) is 4.87 Å². The molecule has 2 heterocycles. The summed E-state index contributed by atoms with van der Waals surface area (Å²) in [5, 5.41) is 0.616. The van der Waals surface area contributed by atoms with Gasteiger partial charge in [-0.05, 0) is 48.9 Å². The molecule has 1 spiro atoms. The molecule has 1 fully saturated rings. The van der Waals surface area contributed by atoms with Crippen molar-refractivity contribution < 1.29 is 14.3 Å². The van der Waals surface area contributed by atoms with Crippen molar-refractivity contribution in [1.29, 1.82) is 0 Å². The highest BCUT2D eigenvalue weighted by atomic mass is 35.5. The molecule has 2 aliphatic rings. The predicted octanol–water partition coefficient (Wildman–Crippen LogP) is 5.25. The Morgan fingerprint density at radius 1 is 1.12 bits per heavy atom. The molecule has 5 nitrogen and oxygen atoms in total. The molecular formula is C26H23ClN2O3S. The zero-order valence-corrected chi connectivity index (χ0v) is 19.9. The first-order chi connectivity index (χ1) is 16.0. The van der Waals surface area contributed by atoms with Crippen LogP contribution in [0.25, 0.3) is 0 Å². The number of benzene rings is 3. The molecule has 1 saturated heterocycles. The maximum Gasteiger partial charge on any atom is 0.268 e. The predicted molar refractivity (Wildman–Crippen MR) is 132 cm³/mol. The Kier molecular flexibility index (Phi) is 5.59. The summed E-state index contributed by atoms with van der Waals surface area (Å²) in [6.45, 7) is 2.85. The third kappa shape index (κ3) is 3.49. The van der Waals surface area contributed by atoms with Gasteiger partial charge >= 0.3 is 0 Å². The zero-order chi connectivity index (χ0) is 23.2. The van der Waals surface area contributed by atoms with E-state index in [4.69, 9.17) is 16.3 Å². The maximum absolute atomic E-state index is 14.1. The average molecular weight is 479 g/mol. The molecule has 0 saturated carbocycles. The molecule has 3 aromatic carbocycles. The monoisotopic (exact) mass is 478 g/mol. The summed E-state index contributed by atoms with van der Waals surface area (Å²) in [5.41, 5.74) is 4.14. The van der Waals surface area contributed by atoms with Crippen molar-refractivity contribution in [2.45, 2.75) is 18.3 Å². The third-order valence-corrected chi connectivity index (χ3v) is 8.01. The number of carbonyl (C=O) groups is 2. The second-order valence-corrected chi connectivity index (χ2v) is 9.88. The van der Waals surface area contributed by atoms with Gasteiger partial charge in [0, 0.05) is 28.4 Å². The van der Waals surface area contributed by atoms with E-state index in [0.717, 1.165) is 22.4 Å². The Bertz CT molecular complexity index is 1250. The van der Waals surface area contributed by atoms with Gasteiger partial charge < -0.3 is 14.5 Å². The van der Waals surface area contributed by atoms with Gasteiger partial charge in [0.05, 0.1) is 19.3 Å². The van der Waals surface area contributed by atoms with E-state index in [2.05, 4.69) is 0 Å². The van der Waals surface area contributed by atoms with Crippen LogP contribution in [-0.4, -0.2) is 36.1 Å². The number of rotatable bonds is 4. The molecule has 168 valence electrons. The minimum Gasteiger partial charge on any atom is -0.497 e. The van der Waals surface area contributed by atoms with Crippen LogP contribution in [0, 0.1) is 6.92 Å². The van der Waals surface area contributed by atoms with Gasteiger partial charge in [-0.1, -0.05) is 47.5 Å². The Balaban J connectivity index is 1.58. The number of carbonyl (C=O) groups excluding carboxylic acids is 2. The van der Waals surface area contributed by atoms with Crippen LogP contribution in [0.2, 0.25) is 5.02 Å². The lowest BCUT2D eigenvalue weighted by atomic mass is 10.0. The SMILES string of the molecule is COc1ccc(C(=O)N2CCS[C@]23C(=O)N(Cc2ccccc2Cl)c2ccc(C)cc23)cc1. The number of aryl methyl sites for hydroxylation is 1. The standard InChI is InChI=1S/C26H23ClN2O3S/c1-17-7-12-23-21(15-17)26(25(31)28(23)16-19-5-3-4-6-22(19)27)29(13-14-33-26)24(30)18-8-10-20(32-2)11-9-18/h3-12,15H,13-14,16H2,1-2H3/t26-/m1/s1. The van der Waals surface area contributed by atoms with Gasteiger partial charge in [-0.2, -0.15) is 0 Å². The summed E-state index contributed by atoms with van der Waals surface area (Å²) >= 11 is 7.95. The number of ether oxygens (including phenoxy) is 1. The van der Waals surface area contributed by atoms with Crippen LogP contribution in [0.1, 0.15) is 27.0 Å². The van der Waals surface area contributed by atoms with Gasteiger partial charge in [0.25, 0.3) is 11.8 Å². The normalized spacial score (nSPS) is 19.3. The lowest BCUT2D eigenvalue weighted by Crippen LogP contribution is -2.50. The number of anilines is 1. The Morgan fingerprint density at radius 2 is 1.88 bits per heavy atom. The van der Waals surface area contributed by atoms with Crippen molar-refractivity contribution in [1.82, 2.24) is 4.90 Å². The lowest BCUT2D eigenvalue weighted by molar-refractivity contribution is -0.123. The van der Waals surface area contributed by atoms with Gasteiger partial charge in [0.2, 0.25) is 0 Å². The largest absolute Gasteiger partial charge is 0.497 e. The van der Waals surface area contributed by atoms with Crippen molar-refractivity contribution in [2.75, 3.05) is 24.3 Å². The number of methoxy groups -OCH3 is 1. The summed E-state index contributed by atoms with van der Waals surface area (Å²) in [6, 6.07) is 20.6. The number of nitrogens with zero attached hydrogens (tertiary/aromatic N) is 2. The van der Waals surface area contributed by atoms with E-state index in [1.54, 1.807) is 41.2 Å². The Labute approximate surface area is 202 Å². The molecule has 7 heteroatoms. The van der Waals surface area contributed by atoms with Crippen molar-refractivity contribution in [3.05, 3.63) is 94.0 Å². The average Bonchev–Trinajstić information content (AvgIpc) is 3.37. The van der Waals surface area contributed by atoms with Gasteiger partial charge in [-0.3, -0.25) is 9.59 Å². The zero-order valence-electron chi connectivity index (χ0n) is 18.4. The van der Waals surface area contributed by atoms with Gasteiger partial charge in [0.1, 0.15) is 5.75 Å². The van der Waals surface area contributed by atoms with E-state index < -0.39 is 4.87 Å². The molecule has 2 aliphatic heterocycles. The molecule has 0 radical (unpaired) electrons. The van der Waals surface area contributed by atoms with Gasteiger partial charge in [-0.15, -0.1) is 11.8 Å². The summed E-state index contributed by atoms with van der Waals surface area (Å²) in [6.07, 6.45) is 0. The molecule has 0 aliphatic carbocycles. The molecule has 5 rings (SSSR count). The van der Waals surface area contributed by atoms with E-state index in [9.17, 15) is 9.59 Å². The fourth-order valence-corrected chi connectivity index (χ4v) is 6.22. The molecule has 0 bridgehead atoms. The van der Waals surface area contributed by atoms with E-state index in [1.807, 2.05) is 49.4 Å². The molecule has 0 N–H and O–H groups in total. The fourth-order valence-electron chi connectivity index (χ4n) is 4.57. The van der Waals surface area contributed by atoms with Gasteiger partial charge in [-0.25, -0.2) is 0 Å². The topological polar surface area (TPSA) is 49.9 Å². The number of thioether (sulfide) groups is 1. The van der Waals surface area contributed by atoms with Crippen LogP contribution in [0.15, 0.2) is 66.7 Å². The molecule has 33 heavy (non-hydrogen) atoms. The lowest BCUT2D eigenvalue weighted by Gasteiger charge is -2.33. The highest BCUT2D eigenvalue weighted by molar-refractivity contribution is 8.01. The van der Waals surface area contributed by atoms with Crippen LogP contribution in [0.5, 0.6) is 5.75 Å². The molecular weight excluding hydrogens is 456 g/mol. The number of amides is 2. The molecule has 3 aromatic rings. The molecule has 2 amide bonds. The van der Waals surface area contributed by atoms with E-state index in [0.29, 0.717) is 35.2 Å². The highest BCUT2D eigenvalue weighted by Gasteiger charge is 2.59. The first-order valence-electron chi connectivity index (χ1n) is 10.7. The number of halogens is 1. The van der Waals surface area contributed by atoms with E-state index in [1.165, 1.54) is 11.8 Å². The second-order valence-electron chi connectivity index (χ2n) is 8.18. The molecule has 0 aromatic heterocycles. The van der Waals surface area contributed by atoms with E-state index >= 15 is 0 Å². The smallest absolute Gasteiger partial charge is 0.268 e. The number of fused-ring (bicyclic) bond motifs is 2. The number of hydrogen-bond donors (Lipinski definition) is 0. The maximum atomic E-state index is 14.1. The van der Waals surface area contributed by atoms with Crippen LogP contribution < -0.4 is 9.64 Å². The summed E-state index contributed by atoms with van der Waals surface area (Å²) < 4.78 is 5.22. The van der Waals surface area contributed by atoms with Crippen LogP contribution in [0.4, 0.5) is 5.69 Å². The quantitative estimate of drug-likeness (QED) is 0.514. The van der Waals surface area contributed by atoms with Crippen molar-refractivity contribution in [3.63, 3.8) is 0 Å². The van der Waals surface area contributed by atoms with Crippen LogP contribution in [-0.2, 0) is 16.2 Å². The van der Waals surface area contributed by atoms with Crippen molar-refractivity contribution in [2.24, 2.45) is 0 Å². The summed E-state index contributed by atoms with van der Waals surface area (Å²) in [4.78, 5) is 30.2. The minimum absolute atomic E-state index is 0.104. The third-order valence-electron chi connectivity index (χ3n) is 6.22. The number of hydrogen-bond acceptors (Lipinski definition) is 4. The Morgan fingerprint density at radius 3 is 2.61 bits per heavy atom. The molecule has 1 atom stereocenters. The van der Waals surface area contributed by atoms with Crippen LogP contribution >= 0.6 is 23.4 Å². The Hall–Kier alpha value is -2.96. The second kappa shape index (κ2) is 8.43. The fraction of sp³-hybridized carbons (Fsp3) is 0.231. The van der Waals surface area contributed by atoms with E-state index in [-0.39, 0.29) is 11.8 Å². The minimum atomic E-state index is -1.08. The summed E-state index contributed by atoms with van der Waals surface area (Å²) in [5.74, 6) is 1.09. The van der Waals surface area contributed by atoms with Crippen LogP contribution in [0.3, 0.4) is 0 Å².